The molecule has 0 heterocycles. The standard InChI is InChI=1S/C17H16S/c1-14-6-8-15(9-7-14)4-2-3-5-16-10-12-17(18)13-11-16/h2-13,18H,1H3/b4-2+,5-3+. The van der Waals surface area contributed by atoms with Gasteiger partial charge in [-0.05, 0) is 30.2 Å². The zero-order chi connectivity index (χ0) is 12.8. The van der Waals surface area contributed by atoms with Crippen molar-refractivity contribution in [2.75, 3.05) is 0 Å². The summed E-state index contributed by atoms with van der Waals surface area (Å²) in [7, 11) is 0. The zero-order valence-corrected chi connectivity index (χ0v) is 11.3. The molecule has 2 aromatic carbocycles. The van der Waals surface area contributed by atoms with Crippen LogP contribution in [0, 0.1) is 6.92 Å². The Morgan fingerprint density at radius 3 is 1.67 bits per heavy atom. The number of hydrogen-bond acceptors (Lipinski definition) is 1. The van der Waals surface area contributed by atoms with Gasteiger partial charge in [0.05, 0.1) is 0 Å². The van der Waals surface area contributed by atoms with Crippen molar-refractivity contribution in [3.63, 3.8) is 0 Å². The molecule has 0 saturated carbocycles. The molecular weight excluding hydrogens is 236 g/mol. The number of rotatable bonds is 3. The molecule has 0 aliphatic carbocycles. The molecule has 0 nitrogen and oxygen atoms in total. The van der Waals surface area contributed by atoms with Gasteiger partial charge in [-0.25, -0.2) is 0 Å². The first-order valence-electron chi connectivity index (χ1n) is 5.94. The van der Waals surface area contributed by atoms with Crippen molar-refractivity contribution in [1.29, 1.82) is 0 Å². The molecule has 0 aliphatic heterocycles. The van der Waals surface area contributed by atoms with Crippen LogP contribution >= 0.6 is 12.6 Å². The number of benzene rings is 2. The molecule has 0 atom stereocenters. The number of aryl methyl sites for hydroxylation is 1. The van der Waals surface area contributed by atoms with Crippen LogP contribution in [0.5, 0.6) is 0 Å². The van der Waals surface area contributed by atoms with Crippen molar-refractivity contribution >= 4 is 24.8 Å². The van der Waals surface area contributed by atoms with Crippen LogP contribution in [-0.2, 0) is 0 Å². The van der Waals surface area contributed by atoms with E-state index >= 15 is 0 Å². The van der Waals surface area contributed by atoms with Crippen LogP contribution < -0.4 is 0 Å². The highest BCUT2D eigenvalue weighted by Crippen LogP contribution is 2.09. The second-order valence-electron chi connectivity index (χ2n) is 4.22. The summed E-state index contributed by atoms with van der Waals surface area (Å²) in [4.78, 5) is 0.988. The van der Waals surface area contributed by atoms with Gasteiger partial charge in [0.2, 0.25) is 0 Å². The molecule has 0 aliphatic rings. The molecule has 0 amide bonds. The summed E-state index contributed by atoms with van der Waals surface area (Å²) < 4.78 is 0. The third-order valence-corrected chi connectivity index (χ3v) is 2.96. The molecule has 1 heteroatoms. The van der Waals surface area contributed by atoms with E-state index < -0.39 is 0 Å². The summed E-state index contributed by atoms with van der Waals surface area (Å²) in [5.74, 6) is 0. The lowest BCUT2D eigenvalue weighted by Crippen LogP contribution is -1.73. The van der Waals surface area contributed by atoms with Crippen molar-refractivity contribution in [3.05, 3.63) is 77.4 Å². The Labute approximate surface area is 114 Å². The van der Waals surface area contributed by atoms with Gasteiger partial charge in [0.1, 0.15) is 0 Å². The fourth-order valence-electron chi connectivity index (χ4n) is 1.60. The summed E-state index contributed by atoms with van der Waals surface area (Å²) in [6.07, 6.45) is 8.29. The number of thiol groups is 1. The van der Waals surface area contributed by atoms with Gasteiger partial charge in [-0.3, -0.25) is 0 Å². The molecule has 90 valence electrons. The van der Waals surface area contributed by atoms with Crippen molar-refractivity contribution in [3.8, 4) is 0 Å². The first-order chi connectivity index (χ1) is 8.74. The Hall–Kier alpha value is -1.73. The summed E-state index contributed by atoms with van der Waals surface area (Å²) in [6.45, 7) is 2.10. The second kappa shape index (κ2) is 6.27. The van der Waals surface area contributed by atoms with E-state index in [-0.39, 0.29) is 0 Å². The summed E-state index contributed by atoms with van der Waals surface area (Å²) in [5, 5.41) is 0. The monoisotopic (exact) mass is 252 g/mol. The van der Waals surface area contributed by atoms with Gasteiger partial charge in [-0.15, -0.1) is 12.6 Å². The van der Waals surface area contributed by atoms with Crippen molar-refractivity contribution in [2.45, 2.75) is 11.8 Å². The van der Waals surface area contributed by atoms with E-state index in [4.69, 9.17) is 0 Å². The highest BCUT2D eigenvalue weighted by molar-refractivity contribution is 7.80. The smallest absolute Gasteiger partial charge is 0.00403 e. The molecule has 2 rings (SSSR count). The molecule has 0 unspecified atom stereocenters. The molecule has 0 fully saturated rings. The average molecular weight is 252 g/mol. The predicted molar refractivity (Wildman–Crippen MR) is 82.9 cm³/mol. The third kappa shape index (κ3) is 3.94. The first-order valence-corrected chi connectivity index (χ1v) is 6.39. The van der Waals surface area contributed by atoms with Crippen LogP contribution in [0.15, 0.2) is 65.6 Å². The van der Waals surface area contributed by atoms with Crippen molar-refractivity contribution < 1.29 is 0 Å². The Balaban J connectivity index is 1.98. The molecule has 0 radical (unpaired) electrons. The lowest BCUT2D eigenvalue weighted by molar-refractivity contribution is 1.46. The third-order valence-electron chi connectivity index (χ3n) is 2.66. The van der Waals surface area contributed by atoms with Crippen molar-refractivity contribution in [2.24, 2.45) is 0 Å². The average Bonchev–Trinajstić information content (AvgIpc) is 2.39. The van der Waals surface area contributed by atoms with E-state index in [1.807, 2.05) is 18.2 Å². The van der Waals surface area contributed by atoms with E-state index in [1.165, 1.54) is 16.7 Å². The normalized spacial score (nSPS) is 11.4. The second-order valence-corrected chi connectivity index (χ2v) is 4.74. The molecule has 0 N–H and O–H groups in total. The van der Waals surface area contributed by atoms with Crippen LogP contribution in [0.1, 0.15) is 16.7 Å². The maximum Gasteiger partial charge on any atom is 0.00403 e. The zero-order valence-electron chi connectivity index (χ0n) is 10.4. The lowest BCUT2D eigenvalue weighted by atomic mass is 10.1. The Morgan fingerprint density at radius 1 is 0.722 bits per heavy atom. The maximum absolute atomic E-state index is 4.26. The van der Waals surface area contributed by atoms with E-state index in [9.17, 15) is 0 Å². The fraction of sp³-hybridized carbons (Fsp3) is 0.0588. The highest BCUT2D eigenvalue weighted by Gasteiger charge is 1.86. The summed E-state index contributed by atoms with van der Waals surface area (Å²) in [5.41, 5.74) is 3.69. The highest BCUT2D eigenvalue weighted by atomic mass is 32.1. The Kier molecular flexibility index (Phi) is 4.43. The van der Waals surface area contributed by atoms with Crippen LogP contribution in [0.3, 0.4) is 0 Å². The van der Waals surface area contributed by atoms with E-state index in [1.54, 1.807) is 0 Å². The lowest BCUT2D eigenvalue weighted by Gasteiger charge is -1.94. The van der Waals surface area contributed by atoms with Gasteiger partial charge in [-0.1, -0.05) is 66.3 Å². The molecule has 0 bridgehead atoms. The van der Waals surface area contributed by atoms with Gasteiger partial charge in [-0.2, -0.15) is 0 Å². The first kappa shape index (κ1) is 12.7. The number of allylic oxidation sites excluding steroid dienone is 2. The van der Waals surface area contributed by atoms with Gasteiger partial charge < -0.3 is 0 Å². The van der Waals surface area contributed by atoms with E-state index in [0.29, 0.717) is 0 Å². The van der Waals surface area contributed by atoms with Gasteiger partial charge in [0.25, 0.3) is 0 Å². The SMILES string of the molecule is Cc1ccc(/C=C/C=C/c2ccc(S)cc2)cc1. The fourth-order valence-corrected chi connectivity index (χ4v) is 1.75. The molecular formula is C17H16S. The topological polar surface area (TPSA) is 0 Å². The quantitative estimate of drug-likeness (QED) is 0.576. The van der Waals surface area contributed by atoms with Crippen LogP contribution in [0.4, 0.5) is 0 Å². The minimum atomic E-state index is 0.988. The molecule has 0 spiro atoms. The molecule has 18 heavy (non-hydrogen) atoms. The summed E-state index contributed by atoms with van der Waals surface area (Å²) in [6, 6.07) is 16.6. The molecule has 0 saturated heterocycles. The van der Waals surface area contributed by atoms with Gasteiger partial charge in [0, 0.05) is 4.90 Å². The van der Waals surface area contributed by atoms with Crippen molar-refractivity contribution in [1.82, 2.24) is 0 Å². The Morgan fingerprint density at radius 2 is 1.17 bits per heavy atom. The van der Waals surface area contributed by atoms with Crippen LogP contribution in [-0.4, -0.2) is 0 Å². The summed E-state index contributed by atoms with van der Waals surface area (Å²) >= 11 is 4.26. The van der Waals surface area contributed by atoms with E-state index in [2.05, 4.69) is 74.2 Å². The van der Waals surface area contributed by atoms with E-state index in [0.717, 1.165) is 4.90 Å². The molecule has 0 aromatic heterocycles. The largest absolute Gasteiger partial charge is 0.143 e. The predicted octanol–water partition coefficient (Wildman–Crippen LogP) is 5.01. The van der Waals surface area contributed by atoms with Gasteiger partial charge >= 0.3 is 0 Å². The maximum atomic E-state index is 4.26. The molecule has 2 aromatic rings. The van der Waals surface area contributed by atoms with Crippen LogP contribution in [0.25, 0.3) is 12.2 Å². The minimum Gasteiger partial charge on any atom is -0.143 e. The van der Waals surface area contributed by atoms with Crippen LogP contribution in [0.2, 0.25) is 0 Å². The minimum absolute atomic E-state index is 0.988. The Bertz CT molecular complexity index is 492. The van der Waals surface area contributed by atoms with Gasteiger partial charge in [0.15, 0.2) is 0 Å². The number of hydrogen-bond donors (Lipinski definition) is 1.